The summed E-state index contributed by atoms with van der Waals surface area (Å²) in [6, 6.07) is 19.9. The lowest BCUT2D eigenvalue weighted by Gasteiger charge is -2.14. The molecule has 0 fully saturated rings. The van der Waals surface area contributed by atoms with Gasteiger partial charge in [0.25, 0.3) is 0 Å². The minimum atomic E-state index is -0.760. The van der Waals surface area contributed by atoms with Crippen molar-refractivity contribution in [3.05, 3.63) is 108 Å². The van der Waals surface area contributed by atoms with E-state index in [-0.39, 0.29) is 0 Å². The molecule has 0 bridgehead atoms. The minimum Gasteiger partial charge on any atom is -0.380 e. The smallest absolute Gasteiger partial charge is 0.142 e. The zero-order chi connectivity index (χ0) is 17.8. The molecule has 5 nitrogen and oxygen atoms in total. The van der Waals surface area contributed by atoms with Gasteiger partial charge in [0.1, 0.15) is 17.8 Å². The normalized spacial score (nSPS) is 12.2. The number of aliphatic hydroxyl groups is 1. The molecule has 0 saturated carbocycles. The molecule has 2 heterocycles. The molecule has 0 saturated heterocycles. The highest BCUT2D eigenvalue weighted by molar-refractivity contribution is 5.23. The molecular weight excluding hydrogens is 324 g/mol. The topological polar surface area (TPSA) is 55.9 Å². The number of benzene rings is 2. The van der Waals surface area contributed by atoms with Gasteiger partial charge in [-0.1, -0.05) is 60.7 Å². The summed E-state index contributed by atoms with van der Waals surface area (Å²) in [5, 5.41) is 10.7. The van der Waals surface area contributed by atoms with Crippen LogP contribution in [0.15, 0.2) is 85.5 Å². The van der Waals surface area contributed by atoms with Crippen molar-refractivity contribution in [2.45, 2.75) is 19.2 Å². The van der Waals surface area contributed by atoms with E-state index in [0.717, 1.165) is 17.9 Å². The summed E-state index contributed by atoms with van der Waals surface area (Å²) in [5.41, 5.74) is 2.05. The van der Waals surface area contributed by atoms with Crippen molar-refractivity contribution in [3.63, 3.8) is 0 Å². The summed E-state index contributed by atoms with van der Waals surface area (Å²) in [4.78, 5) is 8.86. The van der Waals surface area contributed by atoms with E-state index >= 15 is 0 Å². The monoisotopic (exact) mass is 344 g/mol. The Hall–Kier alpha value is -3.18. The van der Waals surface area contributed by atoms with Crippen LogP contribution in [0.5, 0.6) is 0 Å². The fourth-order valence-electron chi connectivity index (χ4n) is 3.05. The van der Waals surface area contributed by atoms with Crippen molar-refractivity contribution in [1.82, 2.24) is 19.1 Å². The standard InChI is InChI=1S/C21H20N4O/c26-20(18-9-5-2-6-10-18)21-23-12-14-25(21)16-19-22-11-13-24(19)15-17-7-3-1-4-8-17/h1-14,20,26H,15-16H2/t20-/m1/s1. The maximum atomic E-state index is 10.7. The third-order valence-corrected chi connectivity index (χ3v) is 4.42. The molecule has 2 aromatic heterocycles. The number of hydrogen-bond acceptors (Lipinski definition) is 3. The van der Waals surface area contributed by atoms with Crippen molar-refractivity contribution < 1.29 is 5.11 Å². The Morgan fingerprint density at radius 1 is 0.769 bits per heavy atom. The summed E-state index contributed by atoms with van der Waals surface area (Å²) in [5.74, 6) is 1.54. The zero-order valence-electron chi connectivity index (χ0n) is 14.3. The minimum absolute atomic E-state index is 0.555. The van der Waals surface area contributed by atoms with E-state index in [1.165, 1.54) is 5.56 Å². The van der Waals surface area contributed by atoms with Crippen molar-refractivity contribution in [2.75, 3.05) is 0 Å². The van der Waals surface area contributed by atoms with Gasteiger partial charge in [-0.15, -0.1) is 0 Å². The summed E-state index contributed by atoms with van der Waals surface area (Å²) < 4.78 is 4.06. The molecule has 0 aliphatic carbocycles. The number of aliphatic hydroxyl groups excluding tert-OH is 1. The van der Waals surface area contributed by atoms with Crippen LogP contribution in [0.3, 0.4) is 0 Å². The summed E-state index contributed by atoms with van der Waals surface area (Å²) in [7, 11) is 0. The fourth-order valence-corrected chi connectivity index (χ4v) is 3.05. The van der Waals surface area contributed by atoms with Gasteiger partial charge in [-0.3, -0.25) is 0 Å². The highest BCUT2D eigenvalue weighted by Gasteiger charge is 2.17. The van der Waals surface area contributed by atoms with Gasteiger partial charge < -0.3 is 14.2 Å². The Morgan fingerprint density at radius 3 is 2.19 bits per heavy atom. The maximum absolute atomic E-state index is 10.7. The van der Waals surface area contributed by atoms with E-state index in [4.69, 9.17) is 0 Å². The van der Waals surface area contributed by atoms with Crippen LogP contribution in [0.2, 0.25) is 0 Å². The molecule has 0 aliphatic heterocycles. The van der Waals surface area contributed by atoms with Crippen LogP contribution >= 0.6 is 0 Å². The van der Waals surface area contributed by atoms with Crippen LogP contribution < -0.4 is 0 Å². The second-order valence-electron chi connectivity index (χ2n) is 6.18. The quantitative estimate of drug-likeness (QED) is 0.584. The first-order chi connectivity index (χ1) is 12.8. The molecule has 1 N–H and O–H groups in total. The Morgan fingerprint density at radius 2 is 1.42 bits per heavy atom. The first kappa shape index (κ1) is 16.3. The first-order valence-electron chi connectivity index (χ1n) is 8.59. The highest BCUT2D eigenvalue weighted by atomic mass is 16.3. The molecule has 0 spiro atoms. The molecule has 0 unspecified atom stereocenters. The van der Waals surface area contributed by atoms with Crippen molar-refractivity contribution in [1.29, 1.82) is 0 Å². The largest absolute Gasteiger partial charge is 0.380 e. The Bertz CT molecular complexity index is 960. The van der Waals surface area contributed by atoms with Crippen molar-refractivity contribution >= 4 is 0 Å². The second kappa shape index (κ2) is 7.37. The van der Waals surface area contributed by atoms with Gasteiger partial charge in [0.2, 0.25) is 0 Å². The van der Waals surface area contributed by atoms with E-state index in [2.05, 4.69) is 26.7 Å². The molecular formula is C21H20N4O. The predicted molar refractivity (Wildman–Crippen MR) is 99.6 cm³/mol. The average Bonchev–Trinajstić information content (AvgIpc) is 3.33. The van der Waals surface area contributed by atoms with Crippen LogP contribution in [0.25, 0.3) is 0 Å². The van der Waals surface area contributed by atoms with Crippen molar-refractivity contribution in [3.8, 4) is 0 Å². The number of rotatable bonds is 6. The maximum Gasteiger partial charge on any atom is 0.142 e. The van der Waals surface area contributed by atoms with E-state index in [0.29, 0.717) is 12.4 Å². The van der Waals surface area contributed by atoms with Gasteiger partial charge in [0.15, 0.2) is 0 Å². The molecule has 0 amide bonds. The third kappa shape index (κ3) is 3.43. The zero-order valence-corrected chi connectivity index (χ0v) is 14.3. The summed E-state index contributed by atoms with van der Waals surface area (Å²) >= 11 is 0. The molecule has 4 rings (SSSR count). The lowest BCUT2D eigenvalue weighted by atomic mass is 10.1. The molecule has 130 valence electrons. The lowest BCUT2D eigenvalue weighted by molar-refractivity contribution is 0.205. The van der Waals surface area contributed by atoms with E-state index < -0.39 is 6.10 Å². The Labute approximate surface area is 152 Å². The second-order valence-corrected chi connectivity index (χ2v) is 6.18. The van der Waals surface area contributed by atoms with Gasteiger partial charge >= 0.3 is 0 Å². The molecule has 5 heteroatoms. The highest BCUT2D eigenvalue weighted by Crippen LogP contribution is 2.21. The van der Waals surface area contributed by atoms with Crippen LogP contribution in [0.4, 0.5) is 0 Å². The fraction of sp³-hybridized carbons (Fsp3) is 0.143. The number of nitrogens with zero attached hydrogens (tertiary/aromatic N) is 4. The molecule has 0 radical (unpaired) electrons. The summed E-state index contributed by atoms with van der Waals surface area (Å²) in [6.45, 7) is 1.32. The lowest BCUT2D eigenvalue weighted by Crippen LogP contribution is -2.14. The van der Waals surface area contributed by atoms with E-state index in [1.54, 1.807) is 6.20 Å². The van der Waals surface area contributed by atoms with Gasteiger partial charge in [0.05, 0.1) is 6.54 Å². The van der Waals surface area contributed by atoms with Gasteiger partial charge in [0, 0.05) is 31.3 Å². The number of imidazole rings is 2. The Balaban J connectivity index is 1.56. The van der Waals surface area contributed by atoms with E-state index in [1.807, 2.05) is 71.7 Å². The van der Waals surface area contributed by atoms with Crippen LogP contribution in [-0.2, 0) is 13.1 Å². The molecule has 0 aliphatic rings. The third-order valence-electron chi connectivity index (χ3n) is 4.42. The number of aromatic nitrogens is 4. The van der Waals surface area contributed by atoms with Crippen LogP contribution in [-0.4, -0.2) is 24.2 Å². The van der Waals surface area contributed by atoms with Gasteiger partial charge in [-0.25, -0.2) is 9.97 Å². The Kier molecular flexibility index (Phi) is 4.62. The molecule has 1 atom stereocenters. The summed E-state index contributed by atoms with van der Waals surface area (Å²) in [6.07, 6.45) is 6.62. The number of hydrogen-bond donors (Lipinski definition) is 1. The predicted octanol–water partition coefficient (Wildman–Crippen LogP) is 3.26. The van der Waals surface area contributed by atoms with Gasteiger partial charge in [-0.2, -0.15) is 0 Å². The van der Waals surface area contributed by atoms with E-state index in [9.17, 15) is 5.11 Å². The van der Waals surface area contributed by atoms with Crippen LogP contribution in [0, 0.1) is 0 Å². The van der Waals surface area contributed by atoms with Crippen LogP contribution in [0.1, 0.15) is 28.9 Å². The molecule has 2 aromatic carbocycles. The SMILES string of the molecule is O[C@H](c1ccccc1)c1nccn1Cc1nccn1Cc1ccccc1. The molecule has 4 aromatic rings. The molecule has 26 heavy (non-hydrogen) atoms. The average molecular weight is 344 g/mol. The van der Waals surface area contributed by atoms with Crippen molar-refractivity contribution in [2.24, 2.45) is 0 Å². The van der Waals surface area contributed by atoms with Gasteiger partial charge in [-0.05, 0) is 11.1 Å². The first-order valence-corrected chi connectivity index (χ1v) is 8.59.